The molecule has 0 radical (unpaired) electrons. The van der Waals surface area contributed by atoms with Crippen molar-refractivity contribution in [1.82, 2.24) is 4.98 Å². The molecule has 1 aliphatic rings. The summed E-state index contributed by atoms with van der Waals surface area (Å²) in [4.78, 5) is 18.0. The Labute approximate surface area is 127 Å². The summed E-state index contributed by atoms with van der Waals surface area (Å²) in [6.45, 7) is 0. The lowest BCUT2D eigenvalue weighted by atomic mass is 10.0. The number of amides is 1. The highest BCUT2D eigenvalue weighted by Gasteiger charge is 2.16. The minimum atomic E-state index is -0.122. The van der Waals surface area contributed by atoms with Crippen LogP contribution in [0.5, 0.6) is 0 Å². The van der Waals surface area contributed by atoms with Crippen molar-refractivity contribution in [2.45, 2.75) is 31.6 Å². The number of alkyl halides is 1. The Morgan fingerprint density at radius 3 is 3.00 bits per heavy atom. The van der Waals surface area contributed by atoms with Gasteiger partial charge in [0.25, 0.3) is 5.91 Å². The number of thiazole rings is 1. The first-order chi connectivity index (χ1) is 9.76. The number of carbonyl (C=O) groups is 1. The normalized spacial score (nSPS) is 13.8. The van der Waals surface area contributed by atoms with E-state index in [2.05, 4.69) is 10.3 Å². The van der Waals surface area contributed by atoms with E-state index in [1.807, 2.05) is 18.2 Å². The van der Waals surface area contributed by atoms with Crippen LogP contribution in [-0.2, 0) is 18.7 Å². The molecular formula is C15H15ClN2OS. The fraction of sp³-hybridized carbons (Fsp3) is 0.333. The number of fused-ring (bicyclic) bond motifs is 1. The molecule has 1 aromatic carbocycles. The smallest absolute Gasteiger partial charge is 0.257 e. The molecule has 3 rings (SSSR count). The molecular weight excluding hydrogens is 292 g/mol. The number of hydrogen-bond acceptors (Lipinski definition) is 3. The maximum atomic E-state index is 12.2. The van der Waals surface area contributed by atoms with Gasteiger partial charge >= 0.3 is 0 Å². The Balaban J connectivity index is 1.76. The van der Waals surface area contributed by atoms with Crippen LogP contribution in [-0.4, -0.2) is 10.9 Å². The molecule has 2 aromatic rings. The third-order valence-electron chi connectivity index (χ3n) is 3.41. The van der Waals surface area contributed by atoms with Gasteiger partial charge in [-0.3, -0.25) is 10.1 Å². The maximum Gasteiger partial charge on any atom is 0.257 e. The van der Waals surface area contributed by atoms with Crippen LogP contribution < -0.4 is 5.32 Å². The molecule has 20 heavy (non-hydrogen) atoms. The summed E-state index contributed by atoms with van der Waals surface area (Å²) < 4.78 is 0. The van der Waals surface area contributed by atoms with Gasteiger partial charge in [0.15, 0.2) is 5.13 Å². The van der Waals surface area contributed by atoms with Gasteiger partial charge in [0.05, 0.1) is 5.69 Å². The fourth-order valence-corrected chi connectivity index (χ4v) is 3.58. The highest BCUT2D eigenvalue weighted by molar-refractivity contribution is 7.15. The van der Waals surface area contributed by atoms with Gasteiger partial charge in [0.2, 0.25) is 0 Å². The molecule has 5 heteroatoms. The Hall–Kier alpha value is -1.39. The zero-order valence-electron chi connectivity index (χ0n) is 11.0. The number of aromatic nitrogens is 1. The summed E-state index contributed by atoms with van der Waals surface area (Å²) >= 11 is 7.39. The molecule has 0 saturated heterocycles. The Morgan fingerprint density at radius 2 is 2.20 bits per heavy atom. The molecule has 0 spiro atoms. The number of hydrogen-bond donors (Lipinski definition) is 1. The minimum Gasteiger partial charge on any atom is -0.298 e. The summed E-state index contributed by atoms with van der Waals surface area (Å²) in [5, 5.41) is 3.60. The zero-order chi connectivity index (χ0) is 13.9. The average molecular weight is 307 g/mol. The second-order valence-electron chi connectivity index (χ2n) is 4.88. The van der Waals surface area contributed by atoms with Gasteiger partial charge in [-0.1, -0.05) is 12.1 Å². The third-order valence-corrected chi connectivity index (χ3v) is 4.79. The van der Waals surface area contributed by atoms with Crippen LogP contribution in [0.2, 0.25) is 0 Å². The van der Waals surface area contributed by atoms with Crippen LogP contribution in [0.4, 0.5) is 5.13 Å². The van der Waals surface area contributed by atoms with Gasteiger partial charge in [-0.25, -0.2) is 4.98 Å². The van der Waals surface area contributed by atoms with Gasteiger partial charge < -0.3 is 0 Å². The van der Waals surface area contributed by atoms with Crippen LogP contribution in [0.15, 0.2) is 24.3 Å². The molecule has 1 aliphatic carbocycles. The molecule has 0 aliphatic heterocycles. The zero-order valence-corrected chi connectivity index (χ0v) is 12.6. The Kier molecular flexibility index (Phi) is 4.03. The van der Waals surface area contributed by atoms with Crippen molar-refractivity contribution in [3.05, 3.63) is 46.0 Å². The number of benzene rings is 1. The summed E-state index contributed by atoms with van der Waals surface area (Å²) in [7, 11) is 0. The molecule has 1 aromatic heterocycles. The van der Waals surface area contributed by atoms with E-state index in [9.17, 15) is 4.79 Å². The summed E-state index contributed by atoms with van der Waals surface area (Å²) in [6, 6.07) is 7.36. The van der Waals surface area contributed by atoms with E-state index in [1.165, 1.54) is 17.7 Å². The lowest BCUT2D eigenvalue weighted by Gasteiger charge is -2.06. The highest BCUT2D eigenvalue weighted by atomic mass is 35.5. The van der Waals surface area contributed by atoms with Gasteiger partial charge in [0, 0.05) is 16.3 Å². The van der Waals surface area contributed by atoms with Crippen LogP contribution >= 0.6 is 22.9 Å². The van der Waals surface area contributed by atoms with Crippen LogP contribution in [0.25, 0.3) is 0 Å². The molecule has 0 unspecified atom stereocenters. The van der Waals surface area contributed by atoms with E-state index in [-0.39, 0.29) is 5.91 Å². The first-order valence-electron chi connectivity index (χ1n) is 6.71. The number of anilines is 1. The Morgan fingerprint density at radius 1 is 1.35 bits per heavy atom. The number of aryl methyl sites for hydroxylation is 2. The van der Waals surface area contributed by atoms with Gasteiger partial charge in [0.1, 0.15) is 0 Å². The van der Waals surface area contributed by atoms with E-state index in [4.69, 9.17) is 11.6 Å². The lowest BCUT2D eigenvalue weighted by molar-refractivity contribution is 0.102. The molecule has 1 N–H and O–H groups in total. The second kappa shape index (κ2) is 5.94. The van der Waals surface area contributed by atoms with E-state index in [1.54, 1.807) is 17.4 Å². The summed E-state index contributed by atoms with van der Waals surface area (Å²) in [5.74, 6) is 0.287. The van der Waals surface area contributed by atoms with E-state index < -0.39 is 0 Å². The van der Waals surface area contributed by atoms with Crippen LogP contribution in [0.3, 0.4) is 0 Å². The SMILES string of the molecule is O=C(Nc1nc2c(s1)CCCC2)c1cccc(CCl)c1. The molecule has 0 atom stereocenters. The van der Waals surface area contributed by atoms with Crippen LogP contribution in [0, 0.1) is 0 Å². The third kappa shape index (κ3) is 2.86. The molecule has 104 valence electrons. The predicted octanol–water partition coefficient (Wildman–Crippen LogP) is 4.01. The van der Waals surface area contributed by atoms with Crippen molar-refractivity contribution < 1.29 is 4.79 Å². The van der Waals surface area contributed by atoms with Crippen molar-refractivity contribution in [3.63, 3.8) is 0 Å². The molecule has 3 nitrogen and oxygen atoms in total. The van der Waals surface area contributed by atoms with Gasteiger partial charge in [-0.2, -0.15) is 0 Å². The van der Waals surface area contributed by atoms with Crippen LogP contribution in [0.1, 0.15) is 39.3 Å². The number of nitrogens with one attached hydrogen (secondary N) is 1. The lowest BCUT2D eigenvalue weighted by Crippen LogP contribution is -2.12. The maximum absolute atomic E-state index is 12.2. The minimum absolute atomic E-state index is 0.122. The van der Waals surface area contributed by atoms with E-state index in [0.717, 1.165) is 24.1 Å². The highest BCUT2D eigenvalue weighted by Crippen LogP contribution is 2.29. The number of halogens is 1. The summed E-state index contributed by atoms with van der Waals surface area (Å²) in [5.41, 5.74) is 2.72. The van der Waals surface area contributed by atoms with Crippen molar-refractivity contribution in [1.29, 1.82) is 0 Å². The molecule has 1 heterocycles. The number of nitrogens with zero attached hydrogens (tertiary/aromatic N) is 1. The molecule has 0 fully saturated rings. The first kappa shape index (κ1) is 13.6. The standard InChI is InChI=1S/C15H15ClN2OS/c16-9-10-4-3-5-11(8-10)14(19)18-15-17-12-6-1-2-7-13(12)20-15/h3-5,8H,1-2,6-7,9H2,(H,17,18,19). The van der Waals surface area contributed by atoms with E-state index >= 15 is 0 Å². The number of carbonyl (C=O) groups excluding carboxylic acids is 1. The Bertz CT molecular complexity index is 615. The summed E-state index contributed by atoms with van der Waals surface area (Å²) in [6.07, 6.45) is 4.54. The van der Waals surface area contributed by atoms with Crippen molar-refractivity contribution in [2.24, 2.45) is 0 Å². The van der Waals surface area contributed by atoms with Gasteiger partial charge in [-0.15, -0.1) is 22.9 Å². The monoisotopic (exact) mass is 306 g/mol. The molecule has 0 bridgehead atoms. The van der Waals surface area contributed by atoms with Crippen molar-refractivity contribution in [3.8, 4) is 0 Å². The average Bonchev–Trinajstić information content (AvgIpc) is 2.89. The van der Waals surface area contributed by atoms with Crippen molar-refractivity contribution >= 4 is 34.0 Å². The number of rotatable bonds is 3. The molecule has 0 saturated carbocycles. The van der Waals surface area contributed by atoms with Crippen molar-refractivity contribution in [2.75, 3.05) is 5.32 Å². The largest absolute Gasteiger partial charge is 0.298 e. The van der Waals surface area contributed by atoms with E-state index in [0.29, 0.717) is 16.6 Å². The topological polar surface area (TPSA) is 42.0 Å². The fourth-order valence-electron chi connectivity index (χ4n) is 2.37. The van der Waals surface area contributed by atoms with Gasteiger partial charge in [-0.05, 0) is 43.4 Å². The molecule has 1 amide bonds. The predicted molar refractivity (Wildman–Crippen MR) is 82.7 cm³/mol. The second-order valence-corrected chi connectivity index (χ2v) is 6.24. The first-order valence-corrected chi connectivity index (χ1v) is 8.06. The quantitative estimate of drug-likeness (QED) is 0.870.